The van der Waals surface area contributed by atoms with E-state index in [4.69, 9.17) is 0 Å². The number of aromatic nitrogens is 1. The fourth-order valence-electron chi connectivity index (χ4n) is 0.377. The highest BCUT2D eigenvalue weighted by Crippen LogP contribution is 1.67. The van der Waals surface area contributed by atoms with Gasteiger partial charge in [-0.3, -0.25) is 4.79 Å². The van der Waals surface area contributed by atoms with Crippen LogP contribution in [0.1, 0.15) is 0 Å². The third-order valence-corrected chi connectivity index (χ3v) is 0.681. The molecule has 0 aliphatic rings. The summed E-state index contributed by atoms with van der Waals surface area (Å²) in [6.45, 7) is 0. The quantitative estimate of drug-likeness (QED) is 0.514. The van der Waals surface area contributed by atoms with E-state index in [-0.39, 0.29) is 11.7 Å². The molecule has 0 bridgehead atoms. The van der Waals surface area contributed by atoms with Crippen LogP contribution in [0.25, 0.3) is 0 Å². The van der Waals surface area contributed by atoms with Crippen LogP contribution in [-0.4, -0.2) is 4.98 Å². The molecule has 0 aromatic carbocycles. The highest BCUT2D eigenvalue weighted by Gasteiger charge is 1.69. The molecular formula is C5H8N2O. The highest BCUT2D eigenvalue weighted by molar-refractivity contribution is 4.89. The highest BCUT2D eigenvalue weighted by atomic mass is 16.1. The Hall–Kier alpha value is -1.09. The Bertz CT molecular complexity index is 176. The third-order valence-electron chi connectivity index (χ3n) is 0.681. The number of pyridine rings is 1. The largest absolute Gasteiger partial charge is 0.344 e. The summed E-state index contributed by atoms with van der Waals surface area (Å²) < 4.78 is 0. The Morgan fingerprint density at radius 2 is 2.12 bits per heavy atom. The molecule has 44 valence electrons. The van der Waals surface area contributed by atoms with E-state index in [2.05, 4.69) is 4.98 Å². The summed E-state index contributed by atoms with van der Waals surface area (Å²) in [7, 11) is 0. The monoisotopic (exact) mass is 112 g/mol. The summed E-state index contributed by atoms with van der Waals surface area (Å²) in [6.07, 6.45) is 1.60. The van der Waals surface area contributed by atoms with Crippen LogP contribution in [0.4, 0.5) is 0 Å². The lowest BCUT2D eigenvalue weighted by Crippen LogP contribution is -1.98. The lowest BCUT2D eigenvalue weighted by atomic mass is 10.5. The molecule has 0 radical (unpaired) electrons. The van der Waals surface area contributed by atoms with Crippen molar-refractivity contribution in [1.82, 2.24) is 11.1 Å². The molecular weight excluding hydrogens is 104 g/mol. The number of hydrogen-bond acceptors (Lipinski definition) is 2. The van der Waals surface area contributed by atoms with Gasteiger partial charge >= 0.3 is 0 Å². The summed E-state index contributed by atoms with van der Waals surface area (Å²) in [6, 6.07) is 4.93. The summed E-state index contributed by atoms with van der Waals surface area (Å²) in [5.74, 6) is 0. The van der Waals surface area contributed by atoms with Gasteiger partial charge in [0.15, 0.2) is 0 Å². The van der Waals surface area contributed by atoms with Crippen molar-refractivity contribution in [2.45, 2.75) is 0 Å². The summed E-state index contributed by atoms with van der Waals surface area (Å²) >= 11 is 0. The molecule has 1 heterocycles. The second-order valence-corrected chi connectivity index (χ2v) is 1.23. The van der Waals surface area contributed by atoms with Crippen LogP contribution in [0.5, 0.6) is 0 Å². The molecule has 0 aliphatic carbocycles. The molecule has 0 atom stereocenters. The smallest absolute Gasteiger partial charge is 0.247 e. The minimum Gasteiger partial charge on any atom is -0.344 e. The second kappa shape index (κ2) is 2.98. The zero-order valence-electron chi connectivity index (χ0n) is 4.42. The van der Waals surface area contributed by atoms with Crippen LogP contribution in [0.15, 0.2) is 29.2 Å². The Morgan fingerprint density at radius 3 is 2.38 bits per heavy atom. The first kappa shape index (κ1) is 6.91. The van der Waals surface area contributed by atoms with Crippen molar-refractivity contribution < 1.29 is 0 Å². The van der Waals surface area contributed by atoms with Crippen LogP contribution in [0, 0.1) is 0 Å². The first-order valence-corrected chi connectivity index (χ1v) is 2.03. The molecule has 8 heavy (non-hydrogen) atoms. The molecule has 3 nitrogen and oxygen atoms in total. The molecule has 0 spiro atoms. The molecule has 0 fully saturated rings. The Balaban J connectivity index is 0.000000490. The van der Waals surface area contributed by atoms with Gasteiger partial charge in [-0.05, 0) is 6.07 Å². The van der Waals surface area contributed by atoms with Gasteiger partial charge in [0.05, 0.1) is 0 Å². The van der Waals surface area contributed by atoms with E-state index in [1.165, 1.54) is 6.07 Å². The molecule has 0 unspecified atom stereocenters. The summed E-state index contributed by atoms with van der Waals surface area (Å²) in [5.41, 5.74) is -0.0532. The molecule has 1 aromatic heterocycles. The van der Waals surface area contributed by atoms with Gasteiger partial charge in [-0.25, -0.2) is 0 Å². The predicted octanol–water partition coefficient (Wildman–Crippen LogP) is 0.537. The minimum atomic E-state index is -0.0532. The minimum absolute atomic E-state index is 0. The Labute approximate surface area is 46.9 Å². The maximum atomic E-state index is 10.2. The van der Waals surface area contributed by atoms with Crippen molar-refractivity contribution in [2.75, 3.05) is 0 Å². The Kier molecular flexibility index (Phi) is 2.58. The van der Waals surface area contributed by atoms with Crippen molar-refractivity contribution in [2.24, 2.45) is 0 Å². The number of rotatable bonds is 0. The first-order chi connectivity index (χ1) is 3.39. The van der Waals surface area contributed by atoms with Crippen molar-refractivity contribution in [1.29, 1.82) is 0 Å². The molecule has 0 amide bonds. The molecule has 3 heteroatoms. The molecule has 0 aliphatic heterocycles. The van der Waals surface area contributed by atoms with Gasteiger partial charge < -0.3 is 11.1 Å². The predicted molar refractivity (Wildman–Crippen MR) is 32.1 cm³/mol. The van der Waals surface area contributed by atoms with Gasteiger partial charge in [0, 0.05) is 12.3 Å². The second-order valence-electron chi connectivity index (χ2n) is 1.23. The zero-order chi connectivity index (χ0) is 5.11. The van der Waals surface area contributed by atoms with E-state index < -0.39 is 0 Å². The van der Waals surface area contributed by atoms with Crippen LogP contribution in [-0.2, 0) is 0 Å². The maximum Gasteiger partial charge on any atom is 0.247 e. The molecule has 1 aromatic rings. The number of H-pyrrole nitrogens is 1. The first-order valence-electron chi connectivity index (χ1n) is 2.03. The van der Waals surface area contributed by atoms with Crippen LogP contribution >= 0.6 is 0 Å². The van der Waals surface area contributed by atoms with Gasteiger partial charge in [-0.15, -0.1) is 0 Å². The molecule has 1 rings (SSSR count). The normalized spacial score (nSPS) is 7.50. The molecule has 0 saturated heterocycles. The van der Waals surface area contributed by atoms with Gasteiger partial charge in [0.1, 0.15) is 0 Å². The summed E-state index contributed by atoms with van der Waals surface area (Å²) in [5, 5.41) is 0. The van der Waals surface area contributed by atoms with E-state index in [9.17, 15) is 4.79 Å². The third kappa shape index (κ3) is 1.57. The van der Waals surface area contributed by atoms with E-state index in [0.29, 0.717) is 0 Å². The fourth-order valence-corrected chi connectivity index (χ4v) is 0.377. The van der Waals surface area contributed by atoms with Gasteiger partial charge in [0.2, 0.25) is 5.56 Å². The van der Waals surface area contributed by atoms with E-state index in [1.807, 2.05) is 0 Å². The Morgan fingerprint density at radius 1 is 1.38 bits per heavy atom. The average Bonchev–Trinajstić information content (AvgIpc) is 1.69. The number of aromatic amines is 1. The molecule has 0 saturated carbocycles. The van der Waals surface area contributed by atoms with Crippen LogP contribution in [0.2, 0.25) is 0 Å². The average molecular weight is 112 g/mol. The van der Waals surface area contributed by atoms with E-state index >= 15 is 0 Å². The van der Waals surface area contributed by atoms with Crippen molar-refractivity contribution in [3.8, 4) is 0 Å². The zero-order valence-corrected chi connectivity index (χ0v) is 4.42. The van der Waals surface area contributed by atoms with E-state index in [1.54, 1.807) is 18.3 Å². The fraction of sp³-hybridized carbons (Fsp3) is 0. The number of hydrogen-bond donors (Lipinski definition) is 2. The lowest BCUT2D eigenvalue weighted by Gasteiger charge is -1.73. The van der Waals surface area contributed by atoms with Crippen molar-refractivity contribution >= 4 is 0 Å². The number of nitrogens with one attached hydrogen (secondary N) is 1. The molecule has 4 N–H and O–H groups in total. The SMILES string of the molecule is N.O=c1cccc[nH]1. The van der Waals surface area contributed by atoms with Crippen LogP contribution < -0.4 is 11.7 Å². The van der Waals surface area contributed by atoms with E-state index in [0.717, 1.165) is 0 Å². The van der Waals surface area contributed by atoms with Gasteiger partial charge in [-0.2, -0.15) is 0 Å². The van der Waals surface area contributed by atoms with Crippen molar-refractivity contribution in [3.05, 3.63) is 34.7 Å². The summed E-state index contributed by atoms with van der Waals surface area (Å²) in [4.78, 5) is 12.7. The van der Waals surface area contributed by atoms with Gasteiger partial charge in [-0.1, -0.05) is 6.07 Å². The topological polar surface area (TPSA) is 67.9 Å². The van der Waals surface area contributed by atoms with Crippen molar-refractivity contribution in [3.63, 3.8) is 0 Å². The lowest BCUT2D eigenvalue weighted by molar-refractivity contribution is 1.24. The van der Waals surface area contributed by atoms with Gasteiger partial charge in [0.25, 0.3) is 0 Å². The van der Waals surface area contributed by atoms with Crippen LogP contribution in [0.3, 0.4) is 0 Å². The standard InChI is InChI=1S/C5H5NO.H3N/c7-5-3-1-2-4-6-5;/h1-4H,(H,6,7);1H3. The maximum absolute atomic E-state index is 10.2.